The molecule has 1 N–H and O–H groups in total. The van der Waals surface area contributed by atoms with Gasteiger partial charge in [-0.3, -0.25) is 19.5 Å². The van der Waals surface area contributed by atoms with E-state index in [9.17, 15) is 23.5 Å². The zero-order valence-electron chi connectivity index (χ0n) is 18.5. The molecule has 1 fully saturated rings. The van der Waals surface area contributed by atoms with E-state index in [1.54, 1.807) is 36.4 Å². The third-order valence-corrected chi connectivity index (χ3v) is 5.32. The number of ketones is 1. The van der Waals surface area contributed by atoms with E-state index in [0.29, 0.717) is 17.9 Å². The molecule has 1 aliphatic heterocycles. The third-order valence-electron chi connectivity index (χ3n) is 5.32. The van der Waals surface area contributed by atoms with Gasteiger partial charge in [0.25, 0.3) is 11.7 Å². The predicted molar refractivity (Wildman–Crippen MR) is 122 cm³/mol. The van der Waals surface area contributed by atoms with E-state index in [4.69, 9.17) is 4.74 Å². The molecule has 1 amide bonds. The van der Waals surface area contributed by atoms with E-state index >= 15 is 0 Å². The summed E-state index contributed by atoms with van der Waals surface area (Å²) in [7, 11) is 0. The number of aliphatic hydroxyl groups excluding tert-OH is 1. The molecule has 34 heavy (non-hydrogen) atoms. The molecule has 8 heteroatoms. The molecule has 2 heterocycles. The van der Waals surface area contributed by atoms with E-state index in [0.717, 1.165) is 17.0 Å². The van der Waals surface area contributed by atoms with Crippen LogP contribution < -0.4 is 9.64 Å². The molecular weight excluding hydrogens is 442 g/mol. The SMILES string of the molecule is CC(C)COc1cccc(/C(O)=C2\C(=O)C(=O)N(c3ccc(F)c(F)c3)C2c2cccnc2)c1. The topological polar surface area (TPSA) is 79.7 Å². The van der Waals surface area contributed by atoms with Crippen molar-refractivity contribution in [1.29, 1.82) is 0 Å². The Hall–Kier alpha value is -4.07. The quantitative estimate of drug-likeness (QED) is 0.315. The van der Waals surface area contributed by atoms with Gasteiger partial charge in [0.2, 0.25) is 0 Å². The number of benzene rings is 2. The van der Waals surface area contributed by atoms with Gasteiger partial charge < -0.3 is 9.84 Å². The molecule has 1 unspecified atom stereocenters. The van der Waals surface area contributed by atoms with E-state index in [1.165, 1.54) is 18.5 Å². The summed E-state index contributed by atoms with van der Waals surface area (Å²) < 4.78 is 33.2. The molecule has 0 bridgehead atoms. The molecule has 0 aliphatic carbocycles. The molecule has 4 rings (SSSR count). The lowest BCUT2D eigenvalue weighted by Gasteiger charge is -2.25. The number of carbonyl (C=O) groups is 2. The van der Waals surface area contributed by atoms with Crippen molar-refractivity contribution in [3.63, 3.8) is 0 Å². The highest BCUT2D eigenvalue weighted by Gasteiger charge is 2.47. The molecule has 1 saturated heterocycles. The van der Waals surface area contributed by atoms with Crippen LogP contribution in [0, 0.1) is 17.6 Å². The number of rotatable bonds is 6. The van der Waals surface area contributed by atoms with Gasteiger partial charge >= 0.3 is 0 Å². The Balaban J connectivity index is 1.86. The van der Waals surface area contributed by atoms with Crippen LogP contribution in [0.5, 0.6) is 5.75 Å². The maximum absolute atomic E-state index is 14.0. The van der Waals surface area contributed by atoms with Gasteiger partial charge in [0.15, 0.2) is 11.6 Å². The van der Waals surface area contributed by atoms with Crippen LogP contribution >= 0.6 is 0 Å². The van der Waals surface area contributed by atoms with Crippen LogP contribution in [0.15, 0.2) is 72.6 Å². The summed E-state index contributed by atoms with van der Waals surface area (Å²) in [4.78, 5) is 31.2. The molecule has 3 aromatic rings. The van der Waals surface area contributed by atoms with Gasteiger partial charge in [-0.15, -0.1) is 0 Å². The smallest absolute Gasteiger partial charge is 0.300 e. The number of aromatic nitrogens is 1. The fourth-order valence-corrected chi connectivity index (χ4v) is 3.74. The van der Waals surface area contributed by atoms with Crippen molar-refractivity contribution in [2.45, 2.75) is 19.9 Å². The van der Waals surface area contributed by atoms with E-state index < -0.39 is 35.1 Å². The highest BCUT2D eigenvalue weighted by atomic mass is 19.2. The highest BCUT2D eigenvalue weighted by molar-refractivity contribution is 6.51. The van der Waals surface area contributed by atoms with Crippen molar-refractivity contribution in [2.75, 3.05) is 11.5 Å². The van der Waals surface area contributed by atoms with E-state index in [-0.39, 0.29) is 22.7 Å². The molecule has 1 aromatic heterocycles. The van der Waals surface area contributed by atoms with Crippen LogP contribution in [0.4, 0.5) is 14.5 Å². The second kappa shape index (κ2) is 9.43. The van der Waals surface area contributed by atoms with E-state index in [1.807, 2.05) is 13.8 Å². The number of halogens is 2. The molecule has 2 aromatic carbocycles. The Morgan fingerprint density at radius 2 is 1.88 bits per heavy atom. The van der Waals surface area contributed by atoms with Gasteiger partial charge in [0, 0.05) is 29.7 Å². The third kappa shape index (κ3) is 4.39. The molecule has 0 saturated carbocycles. The van der Waals surface area contributed by atoms with Gasteiger partial charge in [-0.05, 0) is 41.8 Å². The Kier molecular flexibility index (Phi) is 6.40. The maximum Gasteiger partial charge on any atom is 0.300 e. The van der Waals surface area contributed by atoms with Crippen molar-refractivity contribution in [2.24, 2.45) is 5.92 Å². The van der Waals surface area contributed by atoms with Crippen LogP contribution in [-0.2, 0) is 9.59 Å². The minimum Gasteiger partial charge on any atom is -0.507 e. The number of carbonyl (C=O) groups excluding carboxylic acids is 2. The molecular formula is C26H22F2N2O4. The molecule has 174 valence electrons. The summed E-state index contributed by atoms with van der Waals surface area (Å²) in [5.74, 6) is -3.82. The standard InChI is InChI=1S/C26H22F2N2O4/c1-15(2)14-34-19-7-3-5-16(11-19)24(31)22-23(17-6-4-10-29-13-17)30(26(33)25(22)32)18-8-9-20(27)21(28)12-18/h3-13,15,23,31H,14H2,1-2H3/b24-22+. The van der Waals surface area contributed by atoms with Crippen LogP contribution in [0.3, 0.4) is 0 Å². The largest absolute Gasteiger partial charge is 0.507 e. The van der Waals surface area contributed by atoms with Crippen molar-refractivity contribution in [3.05, 3.63) is 95.3 Å². The molecule has 0 spiro atoms. The highest BCUT2D eigenvalue weighted by Crippen LogP contribution is 2.42. The number of pyridine rings is 1. The predicted octanol–water partition coefficient (Wildman–Crippen LogP) is 5.02. The number of aliphatic hydroxyl groups is 1. The first-order valence-corrected chi connectivity index (χ1v) is 10.7. The first-order chi connectivity index (χ1) is 16.3. The number of hydrogen-bond donors (Lipinski definition) is 1. The van der Waals surface area contributed by atoms with Gasteiger partial charge in [-0.1, -0.05) is 32.0 Å². The number of nitrogens with zero attached hydrogens (tertiary/aromatic N) is 2. The summed E-state index contributed by atoms with van der Waals surface area (Å²) in [6.07, 6.45) is 2.96. The van der Waals surface area contributed by atoms with Gasteiger partial charge in [-0.2, -0.15) is 0 Å². The summed E-state index contributed by atoms with van der Waals surface area (Å²) in [5.41, 5.74) is 0.477. The summed E-state index contributed by atoms with van der Waals surface area (Å²) >= 11 is 0. The Morgan fingerprint density at radius 3 is 2.56 bits per heavy atom. The average molecular weight is 464 g/mol. The second-order valence-electron chi connectivity index (χ2n) is 8.29. The normalized spacial score (nSPS) is 17.4. The van der Waals surface area contributed by atoms with Crippen LogP contribution in [-0.4, -0.2) is 28.4 Å². The first-order valence-electron chi connectivity index (χ1n) is 10.7. The lowest BCUT2D eigenvalue weighted by molar-refractivity contribution is -0.132. The lowest BCUT2D eigenvalue weighted by Crippen LogP contribution is -2.29. The maximum atomic E-state index is 14.0. The Labute approximate surface area is 195 Å². The Morgan fingerprint density at radius 1 is 1.09 bits per heavy atom. The van der Waals surface area contributed by atoms with Crippen molar-refractivity contribution in [3.8, 4) is 5.75 Å². The van der Waals surface area contributed by atoms with Crippen molar-refractivity contribution >= 4 is 23.1 Å². The minimum absolute atomic E-state index is 0.0251. The van der Waals surface area contributed by atoms with Crippen molar-refractivity contribution in [1.82, 2.24) is 4.98 Å². The number of Topliss-reactive ketones (excluding diaryl/α,β-unsaturated/α-hetero) is 1. The average Bonchev–Trinajstić information content (AvgIpc) is 3.10. The summed E-state index contributed by atoms with van der Waals surface area (Å²) in [5, 5.41) is 11.2. The number of anilines is 1. The zero-order valence-corrected chi connectivity index (χ0v) is 18.5. The fourth-order valence-electron chi connectivity index (χ4n) is 3.74. The van der Waals surface area contributed by atoms with Gasteiger partial charge in [-0.25, -0.2) is 8.78 Å². The lowest BCUT2D eigenvalue weighted by atomic mass is 9.96. The van der Waals surface area contributed by atoms with Crippen molar-refractivity contribution < 1.29 is 28.2 Å². The van der Waals surface area contributed by atoms with Crippen LogP contribution in [0.2, 0.25) is 0 Å². The Bertz CT molecular complexity index is 1270. The second-order valence-corrected chi connectivity index (χ2v) is 8.29. The van der Waals surface area contributed by atoms with Crippen LogP contribution in [0.1, 0.15) is 31.0 Å². The molecule has 1 atom stereocenters. The monoisotopic (exact) mass is 464 g/mol. The molecule has 6 nitrogen and oxygen atoms in total. The van der Waals surface area contributed by atoms with Gasteiger partial charge in [0.1, 0.15) is 11.5 Å². The minimum atomic E-state index is -1.17. The van der Waals surface area contributed by atoms with Crippen LogP contribution in [0.25, 0.3) is 5.76 Å². The molecule has 1 aliphatic rings. The number of hydrogen-bond acceptors (Lipinski definition) is 5. The summed E-state index contributed by atoms with van der Waals surface area (Å²) in [6, 6.07) is 11.6. The first kappa shape index (κ1) is 23.1. The zero-order chi connectivity index (χ0) is 24.4. The molecule has 0 radical (unpaired) electrons. The fraction of sp³-hybridized carbons (Fsp3) is 0.192. The summed E-state index contributed by atoms with van der Waals surface area (Å²) in [6.45, 7) is 4.45. The van der Waals surface area contributed by atoms with E-state index in [2.05, 4.69) is 4.98 Å². The van der Waals surface area contributed by atoms with Gasteiger partial charge in [0.05, 0.1) is 18.2 Å². The number of ether oxygens (including phenoxy) is 1. The number of amides is 1.